The molecule has 0 saturated carbocycles. The van der Waals surface area contributed by atoms with E-state index in [1.165, 1.54) is 18.6 Å². The Bertz CT molecular complexity index is 142. The van der Waals surface area contributed by atoms with Crippen LogP contribution in [0.4, 0.5) is 0 Å². The van der Waals surface area contributed by atoms with Gasteiger partial charge < -0.3 is 10.1 Å². The van der Waals surface area contributed by atoms with Crippen LogP contribution < -0.4 is 5.32 Å². The highest BCUT2D eigenvalue weighted by Gasteiger charge is 2.05. The number of unbranched alkanes of at least 4 members (excludes halogenated alkanes) is 1. The SMILES string of the molecule is CCOCCCCNCCSC(C)C(C)C. The minimum absolute atomic E-state index is 0.778. The van der Waals surface area contributed by atoms with E-state index in [1.54, 1.807) is 0 Å². The summed E-state index contributed by atoms with van der Waals surface area (Å²) in [5.74, 6) is 2.02. The fourth-order valence-corrected chi connectivity index (χ4v) is 2.25. The Morgan fingerprint density at radius 3 is 2.50 bits per heavy atom. The van der Waals surface area contributed by atoms with Crippen LogP contribution in [0.3, 0.4) is 0 Å². The van der Waals surface area contributed by atoms with Crippen LogP contribution in [0.25, 0.3) is 0 Å². The minimum Gasteiger partial charge on any atom is -0.382 e. The van der Waals surface area contributed by atoms with Crippen molar-refractivity contribution in [1.82, 2.24) is 5.32 Å². The molecule has 0 rings (SSSR count). The first-order valence-corrected chi connectivity index (χ1v) is 7.63. The highest BCUT2D eigenvalue weighted by Crippen LogP contribution is 2.17. The minimum atomic E-state index is 0.778. The van der Waals surface area contributed by atoms with Gasteiger partial charge in [-0.1, -0.05) is 20.8 Å². The molecule has 0 aliphatic carbocycles. The van der Waals surface area contributed by atoms with Gasteiger partial charge in [0.15, 0.2) is 0 Å². The van der Waals surface area contributed by atoms with Gasteiger partial charge in [0.2, 0.25) is 0 Å². The molecule has 0 aliphatic rings. The molecular weight excluding hydrogens is 218 g/mol. The van der Waals surface area contributed by atoms with Crippen LogP contribution >= 0.6 is 11.8 Å². The monoisotopic (exact) mass is 247 g/mol. The van der Waals surface area contributed by atoms with Gasteiger partial charge in [-0.05, 0) is 32.2 Å². The molecule has 0 fully saturated rings. The van der Waals surface area contributed by atoms with E-state index in [1.807, 2.05) is 6.92 Å². The zero-order valence-corrected chi connectivity index (χ0v) is 12.2. The lowest BCUT2D eigenvalue weighted by Gasteiger charge is -2.14. The van der Waals surface area contributed by atoms with Crippen molar-refractivity contribution in [1.29, 1.82) is 0 Å². The Balaban J connectivity index is 3.04. The first-order chi connectivity index (χ1) is 7.68. The molecule has 0 aromatic rings. The van der Waals surface area contributed by atoms with Crippen molar-refractivity contribution in [3.05, 3.63) is 0 Å². The van der Waals surface area contributed by atoms with Gasteiger partial charge in [0.05, 0.1) is 0 Å². The molecule has 0 amide bonds. The number of ether oxygens (including phenoxy) is 1. The van der Waals surface area contributed by atoms with E-state index in [0.29, 0.717) is 0 Å². The van der Waals surface area contributed by atoms with E-state index in [2.05, 4.69) is 37.8 Å². The van der Waals surface area contributed by atoms with E-state index in [9.17, 15) is 0 Å². The maximum Gasteiger partial charge on any atom is 0.0466 e. The standard InChI is InChI=1S/C13H29NOS/c1-5-15-10-7-6-8-14-9-11-16-13(4)12(2)3/h12-14H,5-11H2,1-4H3. The van der Waals surface area contributed by atoms with Crippen LogP contribution in [-0.2, 0) is 4.74 Å². The van der Waals surface area contributed by atoms with Gasteiger partial charge in [0.25, 0.3) is 0 Å². The van der Waals surface area contributed by atoms with Crippen molar-refractivity contribution < 1.29 is 4.74 Å². The van der Waals surface area contributed by atoms with E-state index in [4.69, 9.17) is 4.74 Å². The maximum absolute atomic E-state index is 5.29. The number of hydrogen-bond acceptors (Lipinski definition) is 3. The molecule has 3 heteroatoms. The fraction of sp³-hybridized carbons (Fsp3) is 1.00. The van der Waals surface area contributed by atoms with Crippen molar-refractivity contribution >= 4 is 11.8 Å². The van der Waals surface area contributed by atoms with Crippen LogP contribution in [0.2, 0.25) is 0 Å². The van der Waals surface area contributed by atoms with Crippen molar-refractivity contribution in [2.45, 2.75) is 45.8 Å². The summed E-state index contributed by atoms with van der Waals surface area (Å²) in [6.45, 7) is 13.0. The summed E-state index contributed by atoms with van der Waals surface area (Å²) in [7, 11) is 0. The van der Waals surface area contributed by atoms with Crippen molar-refractivity contribution in [2.24, 2.45) is 5.92 Å². The zero-order valence-electron chi connectivity index (χ0n) is 11.4. The average Bonchev–Trinajstić information content (AvgIpc) is 2.26. The van der Waals surface area contributed by atoms with Gasteiger partial charge in [-0.3, -0.25) is 0 Å². The number of nitrogens with one attached hydrogen (secondary N) is 1. The van der Waals surface area contributed by atoms with Crippen molar-refractivity contribution in [2.75, 3.05) is 32.1 Å². The van der Waals surface area contributed by atoms with Crippen LogP contribution in [0.1, 0.15) is 40.5 Å². The summed E-state index contributed by atoms with van der Waals surface area (Å²) < 4.78 is 5.29. The van der Waals surface area contributed by atoms with Gasteiger partial charge in [-0.25, -0.2) is 0 Å². The molecule has 0 bridgehead atoms. The van der Waals surface area contributed by atoms with Crippen molar-refractivity contribution in [3.8, 4) is 0 Å². The molecule has 0 aromatic heterocycles. The van der Waals surface area contributed by atoms with Crippen LogP contribution in [-0.4, -0.2) is 37.3 Å². The Labute approximate surface area is 106 Å². The topological polar surface area (TPSA) is 21.3 Å². The molecule has 2 nitrogen and oxygen atoms in total. The quantitative estimate of drug-likeness (QED) is 0.567. The molecule has 0 aliphatic heterocycles. The third kappa shape index (κ3) is 10.8. The highest BCUT2D eigenvalue weighted by molar-refractivity contribution is 7.99. The number of rotatable bonds is 11. The van der Waals surface area contributed by atoms with Gasteiger partial charge in [-0.15, -0.1) is 0 Å². The molecule has 0 saturated heterocycles. The third-order valence-corrected chi connectivity index (χ3v) is 4.20. The van der Waals surface area contributed by atoms with Crippen LogP contribution in [0.15, 0.2) is 0 Å². The molecule has 1 atom stereocenters. The summed E-state index contributed by atoms with van der Waals surface area (Å²) in [6, 6.07) is 0. The lowest BCUT2D eigenvalue weighted by Crippen LogP contribution is -2.20. The summed E-state index contributed by atoms with van der Waals surface area (Å²) in [6.07, 6.45) is 2.40. The molecule has 0 heterocycles. The Hall–Kier alpha value is 0.270. The lowest BCUT2D eigenvalue weighted by atomic mass is 10.2. The smallest absolute Gasteiger partial charge is 0.0466 e. The second kappa shape index (κ2) is 11.7. The number of thioether (sulfide) groups is 1. The summed E-state index contributed by atoms with van der Waals surface area (Å²) in [5, 5.41) is 4.26. The summed E-state index contributed by atoms with van der Waals surface area (Å²) in [4.78, 5) is 0. The Kier molecular flexibility index (Phi) is 11.9. The summed E-state index contributed by atoms with van der Waals surface area (Å²) in [5.41, 5.74) is 0. The predicted molar refractivity (Wildman–Crippen MR) is 75.4 cm³/mol. The van der Waals surface area contributed by atoms with E-state index >= 15 is 0 Å². The lowest BCUT2D eigenvalue weighted by molar-refractivity contribution is 0.143. The fourth-order valence-electron chi connectivity index (χ4n) is 1.23. The molecule has 0 spiro atoms. The van der Waals surface area contributed by atoms with Crippen LogP contribution in [0, 0.1) is 5.92 Å². The van der Waals surface area contributed by atoms with E-state index in [-0.39, 0.29) is 0 Å². The molecule has 98 valence electrons. The first kappa shape index (κ1) is 16.3. The number of hydrogen-bond donors (Lipinski definition) is 1. The molecule has 16 heavy (non-hydrogen) atoms. The van der Waals surface area contributed by atoms with Crippen molar-refractivity contribution in [3.63, 3.8) is 0 Å². The molecule has 0 aromatic carbocycles. The van der Waals surface area contributed by atoms with Gasteiger partial charge in [-0.2, -0.15) is 11.8 Å². The molecule has 1 N–H and O–H groups in total. The summed E-state index contributed by atoms with van der Waals surface area (Å²) >= 11 is 2.07. The third-order valence-electron chi connectivity index (χ3n) is 2.69. The molecule has 1 unspecified atom stereocenters. The predicted octanol–water partition coefficient (Wildman–Crippen LogP) is 3.17. The molecule has 0 radical (unpaired) electrons. The van der Waals surface area contributed by atoms with E-state index < -0.39 is 0 Å². The zero-order chi connectivity index (χ0) is 12.2. The Morgan fingerprint density at radius 1 is 1.12 bits per heavy atom. The van der Waals surface area contributed by atoms with Gasteiger partial charge in [0, 0.05) is 30.8 Å². The normalized spacial score (nSPS) is 13.3. The van der Waals surface area contributed by atoms with E-state index in [0.717, 1.165) is 37.5 Å². The average molecular weight is 247 g/mol. The van der Waals surface area contributed by atoms with Gasteiger partial charge in [0.1, 0.15) is 0 Å². The first-order valence-electron chi connectivity index (χ1n) is 6.58. The second-order valence-electron chi connectivity index (χ2n) is 4.47. The van der Waals surface area contributed by atoms with Crippen LogP contribution in [0.5, 0.6) is 0 Å². The van der Waals surface area contributed by atoms with Gasteiger partial charge >= 0.3 is 0 Å². The second-order valence-corrected chi connectivity index (χ2v) is 5.96. The largest absolute Gasteiger partial charge is 0.382 e. The highest BCUT2D eigenvalue weighted by atomic mass is 32.2. The maximum atomic E-state index is 5.29. The molecular formula is C13H29NOS. The Morgan fingerprint density at radius 2 is 1.88 bits per heavy atom.